The standard InChI is InChI=1S/C16H17NO5S/c1-16(2,3)12-7-9-15(10-8-12)23(20,21)22-14-6-4-5-13(11-14)17(18)19/h4-11H,1-3H3. The summed E-state index contributed by atoms with van der Waals surface area (Å²) in [6.45, 7) is 6.07. The van der Waals surface area contributed by atoms with Gasteiger partial charge >= 0.3 is 10.1 Å². The lowest BCUT2D eigenvalue weighted by Crippen LogP contribution is -2.13. The van der Waals surface area contributed by atoms with Crippen molar-refractivity contribution < 1.29 is 17.5 Å². The second kappa shape index (κ2) is 6.00. The summed E-state index contributed by atoms with van der Waals surface area (Å²) in [5, 5.41) is 10.7. The van der Waals surface area contributed by atoms with Crippen LogP contribution in [-0.2, 0) is 15.5 Å². The molecule has 0 unspecified atom stereocenters. The molecule has 7 heteroatoms. The van der Waals surface area contributed by atoms with Crippen LogP contribution in [0.1, 0.15) is 26.3 Å². The molecule has 0 fully saturated rings. The van der Waals surface area contributed by atoms with Gasteiger partial charge in [0.1, 0.15) is 10.6 Å². The quantitative estimate of drug-likeness (QED) is 0.483. The van der Waals surface area contributed by atoms with E-state index in [2.05, 4.69) is 0 Å². The van der Waals surface area contributed by atoms with Gasteiger partial charge in [0.2, 0.25) is 0 Å². The van der Waals surface area contributed by atoms with Crippen molar-refractivity contribution in [3.8, 4) is 5.75 Å². The van der Waals surface area contributed by atoms with Crippen LogP contribution in [0.4, 0.5) is 5.69 Å². The van der Waals surface area contributed by atoms with Gasteiger partial charge in [-0.25, -0.2) is 0 Å². The molecule has 2 aromatic carbocycles. The molecule has 0 aliphatic carbocycles. The zero-order chi connectivity index (χ0) is 17.3. The normalized spacial score (nSPS) is 12.0. The van der Waals surface area contributed by atoms with Crippen LogP contribution in [0.3, 0.4) is 0 Å². The van der Waals surface area contributed by atoms with Crippen molar-refractivity contribution in [2.24, 2.45) is 0 Å². The molecule has 0 heterocycles. The van der Waals surface area contributed by atoms with Gasteiger partial charge in [0.15, 0.2) is 0 Å². The average molecular weight is 335 g/mol. The third-order valence-corrected chi connectivity index (χ3v) is 4.50. The largest absolute Gasteiger partial charge is 0.379 e. The minimum Gasteiger partial charge on any atom is -0.379 e. The summed E-state index contributed by atoms with van der Waals surface area (Å²) in [6.07, 6.45) is 0. The van der Waals surface area contributed by atoms with Gasteiger partial charge in [-0.15, -0.1) is 0 Å². The van der Waals surface area contributed by atoms with Gasteiger partial charge in [0.05, 0.1) is 11.0 Å². The Bertz CT molecular complexity index is 820. The van der Waals surface area contributed by atoms with Crippen molar-refractivity contribution >= 4 is 15.8 Å². The Morgan fingerprint density at radius 3 is 2.17 bits per heavy atom. The molecule has 0 saturated carbocycles. The lowest BCUT2D eigenvalue weighted by Gasteiger charge is -2.19. The van der Waals surface area contributed by atoms with Gasteiger partial charge in [-0.3, -0.25) is 10.1 Å². The molecule has 6 nitrogen and oxygen atoms in total. The van der Waals surface area contributed by atoms with Gasteiger partial charge < -0.3 is 4.18 Å². The van der Waals surface area contributed by atoms with E-state index < -0.39 is 15.0 Å². The summed E-state index contributed by atoms with van der Waals surface area (Å²) in [4.78, 5) is 10.1. The van der Waals surface area contributed by atoms with E-state index in [0.29, 0.717) is 0 Å². The average Bonchev–Trinajstić information content (AvgIpc) is 2.46. The number of rotatable bonds is 4. The highest BCUT2D eigenvalue weighted by molar-refractivity contribution is 7.87. The van der Waals surface area contributed by atoms with Gasteiger partial charge in [-0.1, -0.05) is 39.0 Å². The Morgan fingerprint density at radius 2 is 1.65 bits per heavy atom. The molecular weight excluding hydrogens is 318 g/mol. The third kappa shape index (κ3) is 4.07. The number of nitro benzene ring substituents is 1. The number of hydrogen-bond donors (Lipinski definition) is 0. The molecule has 0 bridgehead atoms. The zero-order valence-electron chi connectivity index (χ0n) is 13.0. The number of nitro groups is 1. The van der Waals surface area contributed by atoms with Gasteiger partial charge in [0, 0.05) is 6.07 Å². The smallest absolute Gasteiger partial charge is 0.339 e. The molecule has 0 aromatic heterocycles. The zero-order valence-corrected chi connectivity index (χ0v) is 13.8. The van der Waals surface area contributed by atoms with Crippen molar-refractivity contribution in [2.75, 3.05) is 0 Å². The highest BCUT2D eigenvalue weighted by Gasteiger charge is 2.20. The Morgan fingerprint density at radius 1 is 1.04 bits per heavy atom. The fourth-order valence-electron chi connectivity index (χ4n) is 1.95. The Kier molecular flexibility index (Phi) is 4.42. The van der Waals surface area contributed by atoms with Crippen LogP contribution in [0.5, 0.6) is 5.75 Å². The fraction of sp³-hybridized carbons (Fsp3) is 0.250. The number of hydrogen-bond acceptors (Lipinski definition) is 5. The first-order valence-corrected chi connectivity index (χ1v) is 8.30. The summed E-state index contributed by atoms with van der Waals surface area (Å²) in [5.41, 5.74) is 0.663. The molecule has 0 radical (unpaired) electrons. The lowest BCUT2D eigenvalue weighted by atomic mass is 9.87. The molecule has 2 rings (SSSR count). The SMILES string of the molecule is CC(C)(C)c1ccc(S(=O)(=O)Oc2cccc([N+](=O)[O-])c2)cc1. The van der Waals surface area contributed by atoms with Crippen LogP contribution in [0, 0.1) is 10.1 Å². The fourth-order valence-corrected chi connectivity index (χ4v) is 2.87. The molecule has 0 saturated heterocycles. The minimum atomic E-state index is -4.04. The highest BCUT2D eigenvalue weighted by Crippen LogP contribution is 2.26. The third-order valence-electron chi connectivity index (χ3n) is 3.24. The van der Waals surface area contributed by atoms with E-state index in [1.54, 1.807) is 12.1 Å². The molecule has 2 aromatic rings. The van der Waals surface area contributed by atoms with Crippen LogP contribution in [0.2, 0.25) is 0 Å². The van der Waals surface area contributed by atoms with E-state index in [0.717, 1.165) is 11.6 Å². The summed E-state index contributed by atoms with van der Waals surface area (Å²) in [6, 6.07) is 11.4. The molecular formula is C16H17NO5S. The summed E-state index contributed by atoms with van der Waals surface area (Å²) in [7, 11) is -4.04. The van der Waals surface area contributed by atoms with Crippen LogP contribution < -0.4 is 4.18 Å². The summed E-state index contributed by atoms with van der Waals surface area (Å²) in [5.74, 6) is -0.0981. The summed E-state index contributed by atoms with van der Waals surface area (Å²) < 4.78 is 29.5. The second-order valence-electron chi connectivity index (χ2n) is 6.07. The molecule has 0 spiro atoms. The van der Waals surface area contributed by atoms with E-state index in [1.165, 1.54) is 30.3 Å². The molecule has 0 amide bonds. The van der Waals surface area contributed by atoms with E-state index in [4.69, 9.17) is 4.18 Å². The monoisotopic (exact) mass is 335 g/mol. The Labute approximate surface area is 135 Å². The minimum absolute atomic E-state index is 0.00277. The van der Waals surface area contributed by atoms with Crippen LogP contribution >= 0.6 is 0 Å². The van der Waals surface area contributed by atoms with Crippen molar-refractivity contribution in [3.05, 3.63) is 64.2 Å². The first-order valence-electron chi connectivity index (χ1n) is 6.89. The van der Waals surface area contributed by atoms with Crippen molar-refractivity contribution in [1.82, 2.24) is 0 Å². The van der Waals surface area contributed by atoms with Crippen molar-refractivity contribution in [1.29, 1.82) is 0 Å². The maximum atomic E-state index is 12.3. The first kappa shape index (κ1) is 17.0. The van der Waals surface area contributed by atoms with Gasteiger partial charge in [-0.2, -0.15) is 8.42 Å². The predicted octanol–water partition coefficient (Wildman–Crippen LogP) is 3.66. The van der Waals surface area contributed by atoms with Gasteiger partial charge in [0.25, 0.3) is 5.69 Å². The number of nitrogens with zero attached hydrogens (tertiary/aromatic N) is 1. The first-order chi connectivity index (χ1) is 10.6. The lowest BCUT2D eigenvalue weighted by molar-refractivity contribution is -0.384. The molecule has 122 valence electrons. The van der Waals surface area contributed by atoms with Crippen LogP contribution in [0.15, 0.2) is 53.4 Å². The molecule has 0 aliphatic rings. The number of non-ortho nitro benzene ring substituents is 1. The van der Waals surface area contributed by atoms with Gasteiger partial charge in [-0.05, 0) is 29.2 Å². The van der Waals surface area contributed by atoms with Crippen LogP contribution in [0.25, 0.3) is 0 Å². The maximum Gasteiger partial charge on any atom is 0.339 e. The van der Waals surface area contributed by atoms with E-state index in [-0.39, 0.29) is 21.7 Å². The van der Waals surface area contributed by atoms with E-state index >= 15 is 0 Å². The second-order valence-corrected chi connectivity index (χ2v) is 7.61. The Balaban J connectivity index is 2.29. The van der Waals surface area contributed by atoms with Crippen molar-refractivity contribution in [3.63, 3.8) is 0 Å². The topological polar surface area (TPSA) is 86.5 Å². The molecule has 23 heavy (non-hydrogen) atoms. The van der Waals surface area contributed by atoms with E-state index in [1.807, 2.05) is 20.8 Å². The predicted molar refractivity (Wildman–Crippen MR) is 86.1 cm³/mol. The summed E-state index contributed by atoms with van der Waals surface area (Å²) >= 11 is 0. The highest BCUT2D eigenvalue weighted by atomic mass is 32.2. The van der Waals surface area contributed by atoms with Crippen molar-refractivity contribution in [2.45, 2.75) is 31.1 Å². The molecule has 0 aliphatic heterocycles. The molecule has 0 atom stereocenters. The van der Waals surface area contributed by atoms with Crippen LogP contribution in [-0.4, -0.2) is 13.3 Å². The Hall–Kier alpha value is -2.41. The molecule has 0 N–H and O–H groups in total. The number of benzene rings is 2. The maximum absolute atomic E-state index is 12.3. The van der Waals surface area contributed by atoms with E-state index in [9.17, 15) is 18.5 Å².